The van der Waals surface area contributed by atoms with Gasteiger partial charge in [0.2, 0.25) is 5.91 Å². The summed E-state index contributed by atoms with van der Waals surface area (Å²) >= 11 is 0. The molecule has 3 aromatic carbocycles. The number of methoxy groups -OCH3 is 1. The van der Waals surface area contributed by atoms with Gasteiger partial charge in [0, 0.05) is 12.6 Å². The van der Waals surface area contributed by atoms with Crippen LogP contribution in [-0.4, -0.2) is 19.6 Å². The third-order valence-corrected chi connectivity index (χ3v) is 5.00. The predicted octanol–water partition coefficient (Wildman–Crippen LogP) is 3.84. The number of rotatable bonds is 8. The van der Waals surface area contributed by atoms with Crippen LogP contribution in [0.25, 0.3) is 10.8 Å². The molecule has 0 bridgehead atoms. The topological polar surface area (TPSA) is 64.3 Å². The van der Waals surface area contributed by atoms with Crippen LogP contribution in [0.1, 0.15) is 24.1 Å². The van der Waals surface area contributed by atoms with E-state index in [4.69, 9.17) is 10.5 Å². The first-order valence-corrected chi connectivity index (χ1v) is 9.21. The molecule has 0 fully saturated rings. The summed E-state index contributed by atoms with van der Waals surface area (Å²) in [5, 5.41) is 5.93. The van der Waals surface area contributed by atoms with E-state index in [9.17, 15) is 4.79 Å². The first-order valence-electron chi connectivity index (χ1n) is 9.21. The van der Waals surface area contributed by atoms with Crippen molar-refractivity contribution in [2.45, 2.75) is 19.4 Å². The Hall–Kier alpha value is -2.85. The molecule has 1 unspecified atom stereocenters. The number of hydrogen-bond acceptors (Lipinski definition) is 3. The van der Waals surface area contributed by atoms with Gasteiger partial charge in [0.15, 0.2) is 0 Å². The number of fused-ring (bicyclic) bond motifs is 1. The Labute approximate surface area is 160 Å². The summed E-state index contributed by atoms with van der Waals surface area (Å²) in [5.74, 6) is 0.247. The Bertz CT molecular complexity index is 900. The zero-order valence-electron chi connectivity index (χ0n) is 15.8. The molecule has 0 spiro atoms. The van der Waals surface area contributed by atoms with E-state index >= 15 is 0 Å². The fourth-order valence-corrected chi connectivity index (χ4v) is 3.38. The van der Waals surface area contributed by atoms with Crippen molar-refractivity contribution in [1.82, 2.24) is 5.32 Å². The largest absolute Gasteiger partial charge is 0.497 e. The standard InChI is InChI=1S/C23H26N2O2/c1-16(21-9-5-7-18-6-3-4-8-22(18)21)25-15-19(23(24)26)14-17-10-12-20(27-2)13-11-17/h3-13,16,19,25H,14-15H2,1-2H3,(H2,24,26)/t16-,19?/m1/s1. The van der Waals surface area contributed by atoms with Gasteiger partial charge in [-0.25, -0.2) is 0 Å². The summed E-state index contributed by atoms with van der Waals surface area (Å²) in [6, 6.07) is 22.5. The van der Waals surface area contributed by atoms with Crippen molar-refractivity contribution < 1.29 is 9.53 Å². The minimum absolute atomic E-state index is 0.119. The number of benzene rings is 3. The zero-order valence-corrected chi connectivity index (χ0v) is 15.8. The Morgan fingerprint density at radius 2 is 1.74 bits per heavy atom. The van der Waals surface area contributed by atoms with E-state index < -0.39 is 0 Å². The monoisotopic (exact) mass is 362 g/mol. The van der Waals surface area contributed by atoms with Crippen LogP contribution in [0, 0.1) is 5.92 Å². The maximum absolute atomic E-state index is 11.9. The lowest BCUT2D eigenvalue weighted by atomic mass is 9.96. The second-order valence-corrected chi connectivity index (χ2v) is 6.85. The molecular weight excluding hydrogens is 336 g/mol. The summed E-state index contributed by atoms with van der Waals surface area (Å²) in [4.78, 5) is 11.9. The Morgan fingerprint density at radius 1 is 1.04 bits per heavy atom. The number of carbonyl (C=O) groups excluding carboxylic acids is 1. The molecule has 0 aliphatic rings. The molecule has 27 heavy (non-hydrogen) atoms. The molecule has 0 saturated heterocycles. The van der Waals surface area contributed by atoms with E-state index in [2.05, 4.69) is 48.6 Å². The second kappa shape index (κ2) is 8.69. The molecule has 4 nitrogen and oxygen atoms in total. The maximum Gasteiger partial charge on any atom is 0.222 e. The van der Waals surface area contributed by atoms with Crippen molar-refractivity contribution in [2.24, 2.45) is 11.7 Å². The van der Waals surface area contributed by atoms with Gasteiger partial charge in [0.05, 0.1) is 13.0 Å². The van der Waals surface area contributed by atoms with Crippen LogP contribution in [0.2, 0.25) is 0 Å². The molecule has 3 N–H and O–H groups in total. The average Bonchev–Trinajstić information content (AvgIpc) is 2.70. The molecule has 3 aromatic rings. The third kappa shape index (κ3) is 4.66. The number of amides is 1. The minimum atomic E-state index is -0.288. The van der Waals surface area contributed by atoms with Gasteiger partial charge in [-0.15, -0.1) is 0 Å². The lowest BCUT2D eigenvalue weighted by Gasteiger charge is -2.20. The number of hydrogen-bond donors (Lipinski definition) is 2. The smallest absolute Gasteiger partial charge is 0.222 e. The fraction of sp³-hybridized carbons (Fsp3) is 0.261. The molecule has 0 aliphatic heterocycles. The second-order valence-electron chi connectivity index (χ2n) is 6.85. The van der Waals surface area contributed by atoms with Crippen molar-refractivity contribution >= 4 is 16.7 Å². The van der Waals surface area contributed by atoms with E-state index in [0.29, 0.717) is 13.0 Å². The molecule has 3 rings (SSSR count). The highest BCUT2D eigenvalue weighted by molar-refractivity contribution is 5.86. The fourth-order valence-electron chi connectivity index (χ4n) is 3.38. The summed E-state index contributed by atoms with van der Waals surface area (Å²) in [7, 11) is 1.64. The molecular formula is C23H26N2O2. The molecule has 4 heteroatoms. The average molecular weight is 362 g/mol. The van der Waals surface area contributed by atoms with Crippen LogP contribution in [0.3, 0.4) is 0 Å². The van der Waals surface area contributed by atoms with Crippen molar-refractivity contribution in [2.75, 3.05) is 13.7 Å². The van der Waals surface area contributed by atoms with Gasteiger partial charge < -0.3 is 15.8 Å². The number of carbonyl (C=O) groups is 1. The molecule has 0 aromatic heterocycles. The van der Waals surface area contributed by atoms with Crippen LogP contribution in [-0.2, 0) is 11.2 Å². The van der Waals surface area contributed by atoms with Gasteiger partial charge in [0.25, 0.3) is 0 Å². The molecule has 0 aliphatic carbocycles. The van der Waals surface area contributed by atoms with Gasteiger partial charge in [-0.1, -0.05) is 54.6 Å². The first-order chi connectivity index (χ1) is 13.1. The lowest BCUT2D eigenvalue weighted by Crippen LogP contribution is -2.35. The van der Waals surface area contributed by atoms with E-state index in [1.54, 1.807) is 7.11 Å². The van der Waals surface area contributed by atoms with Crippen molar-refractivity contribution in [1.29, 1.82) is 0 Å². The van der Waals surface area contributed by atoms with Crippen LogP contribution in [0.4, 0.5) is 0 Å². The van der Waals surface area contributed by atoms with Gasteiger partial charge >= 0.3 is 0 Å². The van der Waals surface area contributed by atoms with Crippen LogP contribution in [0.5, 0.6) is 5.75 Å². The summed E-state index contributed by atoms with van der Waals surface area (Å²) in [6.45, 7) is 2.65. The van der Waals surface area contributed by atoms with Crippen molar-refractivity contribution in [3.63, 3.8) is 0 Å². The molecule has 140 valence electrons. The van der Waals surface area contributed by atoms with E-state index in [0.717, 1.165) is 11.3 Å². The normalized spacial score (nSPS) is 13.3. The lowest BCUT2D eigenvalue weighted by molar-refractivity contribution is -0.121. The van der Waals surface area contributed by atoms with Gasteiger partial charge in [0.1, 0.15) is 5.75 Å². The van der Waals surface area contributed by atoms with Crippen LogP contribution >= 0.6 is 0 Å². The highest BCUT2D eigenvalue weighted by Gasteiger charge is 2.18. The molecule has 0 saturated carbocycles. The quantitative estimate of drug-likeness (QED) is 0.640. The van der Waals surface area contributed by atoms with E-state index in [-0.39, 0.29) is 17.9 Å². The third-order valence-electron chi connectivity index (χ3n) is 5.00. The number of primary amides is 1. The summed E-state index contributed by atoms with van der Waals surface area (Å²) < 4.78 is 5.18. The van der Waals surface area contributed by atoms with Crippen molar-refractivity contribution in [3.8, 4) is 5.75 Å². The Morgan fingerprint density at radius 3 is 2.44 bits per heavy atom. The van der Waals surface area contributed by atoms with Crippen LogP contribution < -0.4 is 15.8 Å². The van der Waals surface area contributed by atoms with E-state index in [1.807, 2.05) is 30.3 Å². The summed E-state index contributed by atoms with van der Waals surface area (Å²) in [5.41, 5.74) is 7.94. The highest BCUT2D eigenvalue weighted by atomic mass is 16.5. The number of nitrogens with two attached hydrogens (primary N) is 1. The Kier molecular flexibility index (Phi) is 6.09. The Balaban J connectivity index is 1.68. The SMILES string of the molecule is COc1ccc(CC(CN[C@H](C)c2cccc3ccccc23)C(N)=O)cc1. The van der Waals surface area contributed by atoms with Gasteiger partial charge in [-0.3, -0.25) is 4.79 Å². The minimum Gasteiger partial charge on any atom is -0.497 e. The summed E-state index contributed by atoms with van der Waals surface area (Å²) in [6.07, 6.45) is 0.606. The van der Waals surface area contributed by atoms with E-state index in [1.165, 1.54) is 16.3 Å². The maximum atomic E-state index is 11.9. The molecule has 0 heterocycles. The molecule has 2 atom stereocenters. The molecule has 0 radical (unpaired) electrons. The van der Waals surface area contributed by atoms with Crippen LogP contribution in [0.15, 0.2) is 66.7 Å². The number of ether oxygens (including phenoxy) is 1. The number of nitrogens with one attached hydrogen (secondary N) is 1. The predicted molar refractivity (Wildman–Crippen MR) is 110 cm³/mol. The molecule has 1 amide bonds. The van der Waals surface area contributed by atoms with Gasteiger partial charge in [-0.2, -0.15) is 0 Å². The highest BCUT2D eigenvalue weighted by Crippen LogP contribution is 2.24. The van der Waals surface area contributed by atoms with Gasteiger partial charge in [-0.05, 0) is 47.4 Å². The first kappa shape index (κ1) is 18.9. The zero-order chi connectivity index (χ0) is 19.2. The van der Waals surface area contributed by atoms with Crippen molar-refractivity contribution in [3.05, 3.63) is 77.9 Å².